The zero-order chi connectivity index (χ0) is 11.2. The van der Waals surface area contributed by atoms with Crippen molar-refractivity contribution in [3.8, 4) is 0 Å². The van der Waals surface area contributed by atoms with Crippen molar-refractivity contribution < 1.29 is 0 Å². The Balaban J connectivity index is 0. The second-order valence-electron chi connectivity index (χ2n) is 3.39. The second-order valence-corrected chi connectivity index (χ2v) is 4.45. The average Bonchev–Trinajstić information content (AvgIpc) is 2.19. The summed E-state index contributed by atoms with van der Waals surface area (Å²) in [5.74, 6) is 0.543. The molecule has 0 spiro atoms. The number of rotatable bonds is 7. The van der Waals surface area contributed by atoms with Crippen molar-refractivity contribution in [2.24, 2.45) is 0 Å². The zero-order valence-electron chi connectivity index (χ0n) is 9.78. The maximum absolute atomic E-state index is 5.33. The van der Waals surface area contributed by atoms with Gasteiger partial charge in [0.1, 0.15) is 0 Å². The summed E-state index contributed by atoms with van der Waals surface area (Å²) in [7, 11) is 0. The third-order valence-corrected chi connectivity index (χ3v) is 2.40. The number of halogens is 2. The fourth-order valence-electron chi connectivity index (χ4n) is 0.729. The Morgan fingerprint density at radius 1 is 1.07 bits per heavy atom. The van der Waals surface area contributed by atoms with Crippen molar-refractivity contribution in [3.05, 3.63) is 0 Å². The van der Waals surface area contributed by atoms with E-state index in [0.29, 0.717) is 5.88 Å². The van der Waals surface area contributed by atoms with Crippen LogP contribution in [-0.4, -0.2) is 24.3 Å². The van der Waals surface area contributed by atoms with Crippen LogP contribution in [0, 0.1) is 0 Å². The third kappa shape index (κ3) is 22.9. The first kappa shape index (κ1) is 17.0. The van der Waals surface area contributed by atoms with E-state index in [-0.39, 0.29) is 5.38 Å². The van der Waals surface area contributed by atoms with E-state index in [0.717, 1.165) is 0 Å². The molecule has 1 atom stereocenters. The lowest BCUT2D eigenvalue weighted by Gasteiger charge is -1.99. The number of unbranched alkanes of at least 4 members (excludes halogenated alkanes) is 2. The van der Waals surface area contributed by atoms with E-state index >= 15 is 0 Å². The predicted molar refractivity (Wildman–Crippen MR) is 68.7 cm³/mol. The van der Waals surface area contributed by atoms with Crippen molar-refractivity contribution in [2.75, 3.05) is 19.0 Å². The molecule has 0 aromatic carbocycles. The van der Waals surface area contributed by atoms with Gasteiger partial charge in [-0.25, -0.2) is 0 Å². The number of nitrogens with one attached hydrogen (secondary N) is 1. The minimum atomic E-state index is 0.122. The van der Waals surface area contributed by atoms with E-state index in [1.165, 1.54) is 38.8 Å². The molecular formula is C11H25Cl2N. The normalized spacial score (nSPS) is 11.8. The quantitative estimate of drug-likeness (QED) is 0.525. The van der Waals surface area contributed by atoms with Crippen LogP contribution in [0.2, 0.25) is 0 Å². The summed E-state index contributed by atoms with van der Waals surface area (Å²) in [6.07, 6.45) is 5.26. The lowest BCUT2D eigenvalue weighted by atomic mass is 10.3. The average molecular weight is 242 g/mol. The van der Waals surface area contributed by atoms with Crippen LogP contribution in [0.15, 0.2) is 0 Å². The van der Waals surface area contributed by atoms with Crippen molar-refractivity contribution in [1.82, 2.24) is 5.32 Å². The number of hydrogen-bond acceptors (Lipinski definition) is 1. The fraction of sp³-hybridized carbons (Fsp3) is 1.00. The standard InChI is InChI=1S/C8H19N.C3H6Cl2/c1-3-5-7-9-8-6-4-2;1-3(5)2-4/h9H,3-8H2,1-2H3;3H,2H2,1H3. The molecule has 0 amide bonds. The van der Waals surface area contributed by atoms with Crippen molar-refractivity contribution in [1.29, 1.82) is 0 Å². The lowest BCUT2D eigenvalue weighted by Crippen LogP contribution is -2.15. The first-order chi connectivity index (χ1) is 6.68. The molecule has 0 saturated heterocycles. The Kier molecular flexibility index (Phi) is 19.4. The van der Waals surface area contributed by atoms with Gasteiger partial charge in [0.2, 0.25) is 0 Å². The molecule has 1 unspecified atom stereocenters. The van der Waals surface area contributed by atoms with Crippen LogP contribution in [0.4, 0.5) is 0 Å². The summed E-state index contributed by atoms with van der Waals surface area (Å²) in [5.41, 5.74) is 0. The van der Waals surface area contributed by atoms with Crippen LogP contribution in [0.3, 0.4) is 0 Å². The molecule has 0 aliphatic rings. The first-order valence-electron chi connectivity index (χ1n) is 5.59. The van der Waals surface area contributed by atoms with Crippen LogP contribution in [0.5, 0.6) is 0 Å². The van der Waals surface area contributed by atoms with Crippen LogP contribution in [0.25, 0.3) is 0 Å². The van der Waals surface area contributed by atoms with Gasteiger partial charge in [-0.1, -0.05) is 26.7 Å². The molecule has 0 aromatic rings. The molecular weight excluding hydrogens is 217 g/mol. The largest absolute Gasteiger partial charge is 0.317 e. The zero-order valence-corrected chi connectivity index (χ0v) is 11.3. The molecule has 0 bridgehead atoms. The van der Waals surface area contributed by atoms with Gasteiger partial charge in [0.15, 0.2) is 0 Å². The second kappa shape index (κ2) is 16.0. The summed E-state index contributed by atoms with van der Waals surface area (Å²) >= 11 is 10.5. The monoisotopic (exact) mass is 241 g/mol. The summed E-state index contributed by atoms with van der Waals surface area (Å²) in [5, 5.41) is 3.51. The van der Waals surface area contributed by atoms with E-state index in [2.05, 4.69) is 19.2 Å². The Hall–Kier alpha value is 0.540. The minimum absolute atomic E-state index is 0.122. The van der Waals surface area contributed by atoms with Gasteiger partial charge in [-0.2, -0.15) is 0 Å². The fourth-order valence-corrected chi connectivity index (χ4v) is 0.729. The Labute approximate surface area is 99.6 Å². The van der Waals surface area contributed by atoms with Gasteiger partial charge in [0.25, 0.3) is 0 Å². The highest BCUT2D eigenvalue weighted by Crippen LogP contribution is 1.93. The summed E-state index contributed by atoms with van der Waals surface area (Å²) in [4.78, 5) is 0. The minimum Gasteiger partial charge on any atom is -0.317 e. The van der Waals surface area contributed by atoms with Crippen molar-refractivity contribution in [2.45, 2.75) is 51.8 Å². The summed E-state index contributed by atoms with van der Waals surface area (Å²) in [6.45, 7) is 8.71. The van der Waals surface area contributed by atoms with Crippen molar-refractivity contribution in [3.63, 3.8) is 0 Å². The smallest absolute Gasteiger partial charge is 0.0443 e. The topological polar surface area (TPSA) is 12.0 Å². The molecule has 14 heavy (non-hydrogen) atoms. The van der Waals surface area contributed by atoms with Gasteiger partial charge < -0.3 is 5.32 Å². The SMILES string of the molecule is CC(Cl)CCl.CCCCNCCCC. The van der Waals surface area contributed by atoms with Crippen molar-refractivity contribution >= 4 is 23.2 Å². The maximum atomic E-state index is 5.33. The van der Waals surface area contributed by atoms with Gasteiger partial charge in [-0.3, -0.25) is 0 Å². The Morgan fingerprint density at radius 2 is 1.43 bits per heavy atom. The highest BCUT2D eigenvalue weighted by Gasteiger charge is 1.85. The Morgan fingerprint density at radius 3 is 1.64 bits per heavy atom. The summed E-state index contributed by atoms with van der Waals surface area (Å²) in [6, 6.07) is 0. The number of hydrogen-bond donors (Lipinski definition) is 1. The maximum Gasteiger partial charge on any atom is 0.0443 e. The van der Waals surface area contributed by atoms with Gasteiger partial charge in [-0.15, -0.1) is 23.2 Å². The molecule has 0 fully saturated rings. The lowest BCUT2D eigenvalue weighted by molar-refractivity contribution is 0.611. The van der Waals surface area contributed by atoms with E-state index < -0.39 is 0 Å². The van der Waals surface area contributed by atoms with Gasteiger partial charge in [0.05, 0.1) is 0 Å². The van der Waals surface area contributed by atoms with E-state index in [1.807, 2.05) is 6.92 Å². The number of alkyl halides is 2. The molecule has 0 aliphatic carbocycles. The van der Waals surface area contributed by atoms with E-state index in [9.17, 15) is 0 Å². The van der Waals surface area contributed by atoms with E-state index in [4.69, 9.17) is 23.2 Å². The highest BCUT2D eigenvalue weighted by molar-refractivity contribution is 6.27. The van der Waals surface area contributed by atoms with Crippen LogP contribution < -0.4 is 5.32 Å². The van der Waals surface area contributed by atoms with Crippen LogP contribution >= 0.6 is 23.2 Å². The Bertz CT molecular complexity index is 81.4. The first-order valence-corrected chi connectivity index (χ1v) is 6.56. The molecule has 88 valence electrons. The molecule has 3 heteroatoms. The molecule has 0 aliphatic heterocycles. The summed E-state index contributed by atoms with van der Waals surface area (Å²) < 4.78 is 0. The van der Waals surface area contributed by atoms with Gasteiger partial charge in [-0.05, 0) is 32.9 Å². The molecule has 0 rings (SSSR count). The molecule has 1 nitrogen and oxygen atoms in total. The van der Waals surface area contributed by atoms with Gasteiger partial charge in [0, 0.05) is 11.3 Å². The predicted octanol–water partition coefficient (Wildman–Crippen LogP) is 4.03. The highest BCUT2D eigenvalue weighted by atomic mass is 35.5. The van der Waals surface area contributed by atoms with Gasteiger partial charge >= 0.3 is 0 Å². The molecule has 1 N–H and O–H groups in total. The molecule has 0 aromatic heterocycles. The van der Waals surface area contributed by atoms with Crippen LogP contribution in [0.1, 0.15) is 46.5 Å². The molecule has 0 radical (unpaired) electrons. The molecule has 0 heterocycles. The third-order valence-electron chi connectivity index (χ3n) is 1.63. The van der Waals surface area contributed by atoms with Crippen LogP contribution in [-0.2, 0) is 0 Å². The molecule has 0 saturated carbocycles. The van der Waals surface area contributed by atoms with E-state index in [1.54, 1.807) is 0 Å².